The third-order valence-corrected chi connectivity index (χ3v) is 6.84. The van der Waals surface area contributed by atoms with E-state index < -0.39 is 0 Å². The molecular weight excluding hydrogens is 491 g/mol. The van der Waals surface area contributed by atoms with Gasteiger partial charge < -0.3 is 19.3 Å². The number of alkyl halides is 1. The fraction of sp³-hybridized carbons (Fsp3) is 0.455. The molecule has 0 saturated carbocycles. The summed E-state index contributed by atoms with van der Waals surface area (Å²) in [5, 5.41) is 10.3. The summed E-state index contributed by atoms with van der Waals surface area (Å²) < 4.78 is 17.5. The summed E-state index contributed by atoms with van der Waals surface area (Å²) in [7, 11) is 1.71. The Hall–Kier alpha value is -0.860. The Morgan fingerprint density at radius 1 is 1.21 bits per heavy atom. The van der Waals surface area contributed by atoms with Gasteiger partial charge >= 0.3 is 0 Å². The Labute approximate surface area is 185 Å². The smallest absolute Gasteiger partial charge is 0.119 e. The van der Waals surface area contributed by atoms with E-state index >= 15 is 0 Å². The van der Waals surface area contributed by atoms with Crippen LogP contribution in [0.15, 0.2) is 42.5 Å². The van der Waals surface area contributed by atoms with Crippen LogP contribution in [-0.4, -0.2) is 41.6 Å². The molecule has 1 N–H and O–H groups in total. The molecule has 0 amide bonds. The summed E-state index contributed by atoms with van der Waals surface area (Å²) in [6, 6.07) is 14.1. The van der Waals surface area contributed by atoms with E-state index in [1.165, 1.54) is 5.56 Å². The molecule has 0 aromatic heterocycles. The van der Waals surface area contributed by atoms with Gasteiger partial charge in [0.1, 0.15) is 5.75 Å². The van der Waals surface area contributed by atoms with Crippen molar-refractivity contribution < 1.29 is 19.3 Å². The van der Waals surface area contributed by atoms with Crippen molar-refractivity contribution in [1.82, 2.24) is 0 Å². The molecule has 0 bridgehead atoms. The number of aliphatic hydroxyl groups is 1. The monoisotopic (exact) mass is 516 g/mol. The summed E-state index contributed by atoms with van der Waals surface area (Å²) in [6.45, 7) is 2.62. The topological polar surface area (TPSA) is 47.9 Å². The van der Waals surface area contributed by atoms with Gasteiger partial charge in [0.15, 0.2) is 0 Å². The fourth-order valence-corrected chi connectivity index (χ4v) is 4.88. The third kappa shape index (κ3) is 5.19. The first kappa shape index (κ1) is 21.8. The molecule has 0 unspecified atom stereocenters. The van der Waals surface area contributed by atoms with E-state index in [4.69, 9.17) is 25.8 Å². The van der Waals surface area contributed by atoms with Gasteiger partial charge in [-0.05, 0) is 48.2 Å². The Morgan fingerprint density at radius 2 is 1.96 bits per heavy atom. The normalized spacial score (nSPS) is 24.9. The first-order valence-corrected chi connectivity index (χ1v) is 11.1. The van der Waals surface area contributed by atoms with Gasteiger partial charge in [-0.15, -0.1) is 0 Å². The second-order valence-corrected chi connectivity index (χ2v) is 8.77. The zero-order valence-corrected chi connectivity index (χ0v) is 19.0. The number of methoxy groups -OCH3 is 1. The molecule has 3 rings (SSSR count). The minimum absolute atomic E-state index is 0.00759. The lowest BCUT2D eigenvalue weighted by Crippen LogP contribution is -2.42. The second kappa shape index (κ2) is 10.3. The Bertz CT molecular complexity index is 768. The van der Waals surface area contributed by atoms with Gasteiger partial charge in [-0.2, -0.15) is 0 Å². The predicted molar refractivity (Wildman–Crippen MR) is 120 cm³/mol. The number of halogens is 2. The zero-order chi connectivity index (χ0) is 20.1. The van der Waals surface area contributed by atoms with Crippen molar-refractivity contribution in [3.8, 4) is 5.75 Å². The zero-order valence-electron chi connectivity index (χ0n) is 16.1. The average molecular weight is 517 g/mol. The maximum Gasteiger partial charge on any atom is 0.119 e. The average Bonchev–Trinajstić information content (AvgIpc) is 2.71. The summed E-state index contributed by atoms with van der Waals surface area (Å²) in [6.07, 6.45) is 1.11. The second-order valence-electron chi connectivity index (χ2n) is 6.92. The van der Waals surface area contributed by atoms with Gasteiger partial charge in [0, 0.05) is 18.6 Å². The van der Waals surface area contributed by atoms with E-state index in [0.717, 1.165) is 28.3 Å². The van der Waals surface area contributed by atoms with Crippen molar-refractivity contribution in [2.24, 2.45) is 0 Å². The number of ether oxygens (including phenoxy) is 3. The molecule has 2 aromatic carbocycles. The molecule has 4 atom stereocenters. The van der Waals surface area contributed by atoms with Crippen molar-refractivity contribution >= 4 is 34.2 Å². The van der Waals surface area contributed by atoms with Crippen LogP contribution in [0, 0.1) is 0 Å². The largest absolute Gasteiger partial charge is 0.494 e. The quantitative estimate of drug-likeness (QED) is 0.417. The van der Waals surface area contributed by atoms with E-state index in [0.29, 0.717) is 13.0 Å². The minimum atomic E-state index is -0.216. The van der Waals surface area contributed by atoms with E-state index in [2.05, 4.69) is 40.8 Å². The van der Waals surface area contributed by atoms with Gasteiger partial charge in [-0.1, -0.05) is 58.5 Å². The van der Waals surface area contributed by atoms with Crippen LogP contribution >= 0.6 is 34.2 Å². The summed E-state index contributed by atoms with van der Waals surface area (Å²) in [5.41, 5.74) is 3.28. The van der Waals surface area contributed by atoms with Crippen LogP contribution in [0.25, 0.3) is 0 Å². The molecule has 152 valence electrons. The Kier molecular flexibility index (Phi) is 8.00. The lowest BCUT2D eigenvalue weighted by Gasteiger charge is -2.38. The van der Waals surface area contributed by atoms with Crippen molar-refractivity contribution in [3.63, 3.8) is 0 Å². The van der Waals surface area contributed by atoms with Crippen LogP contribution in [0.1, 0.15) is 36.1 Å². The summed E-state index contributed by atoms with van der Waals surface area (Å²) >= 11 is 8.87. The highest BCUT2D eigenvalue weighted by Crippen LogP contribution is 2.39. The van der Waals surface area contributed by atoms with Crippen LogP contribution in [0.3, 0.4) is 0 Å². The highest BCUT2D eigenvalue weighted by molar-refractivity contribution is 14.1. The first-order valence-electron chi connectivity index (χ1n) is 9.49. The number of aliphatic hydroxyl groups excluding tert-OH is 1. The summed E-state index contributed by atoms with van der Waals surface area (Å²) in [5.74, 6) is 0.870. The van der Waals surface area contributed by atoms with Crippen LogP contribution in [-0.2, 0) is 15.9 Å². The van der Waals surface area contributed by atoms with Crippen LogP contribution < -0.4 is 4.74 Å². The third-order valence-electron chi connectivity index (χ3n) is 5.01. The molecule has 0 spiro atoms. The highest BCUT2D eigenvalue weighted by atomic mass is 127. The molecule has 1 aliphatic rings. The fourth-order valence-electron chi connectivity index (χ4n) is 3.53. The first-order chi connectivity index (χ1) is 13.5. The van der Waals surface area contributed by atoms with Crippen LogP contribution in [0.5, 0.6) is 5.75 Å². The van der Waals surface area contributed by atoms with E-state index in [1.807, 2.05) is 31.2 Å². The van der Waals surface area contributed by atoms with Gasteiger partial charge in [0.05, 0.1) is 35.5 Å². The van der Waals surface area contributed by atoms with Gasteiger partial charge in [-0.3, -0.25) is 0 Å². The van der Waals surface area contributed by atoms with Crippen molar-refractivity contribution in [2.75, 3.05) is 20.3 Å². The number of rotatable bonds is 7. The molecule has 0 aliphatic carbocycles. The molecule has 1 saturated heterocycles. The Morgan fingerprint density at radius 3 is 2.61 bits per heavy atom. The molecule has 2 aromatic rings. The minimum Gasteiger partial charge on any atom is -0.494 e. The molecule has 28 heavy (non-hydrogen) atoms. The maximum absolute atomic E-state index is 9.60. The van der Waals surface area contributed by atoms with Crippen molar-refractivity contribution in [2.45, 2.75) is 42.0 Å². The molecular formula is C22H26ClIO4. The van der Waals surface area contributed by atoms with Gasteiger partial charge in [0.25, 0.3) is 0 Å². The van der Waals surface area contributed by atoms with Crippen LogP contribution in [0.2, 0.25) is 5.02 Å². The molecule has 1 fully saturated rings. The molecule has 1 aliphatic heterocycles. The standard InChI is InChI=1S/C22H26ClIO4/c1-3-27-17-7-4-14(5-8-17)10-16-11-15(6-9-19(16)23)22-21(24)20(26-2)12-18(13-25)28-22/h4-9,11,18,20-22,25H,3,10,12-13H2,1-2H3/t18-,20-,21+,22-/m0/s1. The van der Waals surface area contributed by atoms with Crippen molar-refractivity contribution in [1.29, 1.82) is 0 Å². The Balaban J connectivity index is 1.82. The lowest BCUT2D eigenvalue weighted by molar-refractivity contribution is -0.113. The predicted octanol–water partition coefficient (Wildman–Crippen LogP) is 4.97. The van der Waals surface area contributed by atoms with E-state index in [9.17, 15) is 5.11 Å². The maximum atomic E-state index is 9.60. The SMILES string of the molecule is CCOc1ccc(Cc2cc([C@@H]3O[C@H](CO)C[C@H](OC)[C@H]3I)ccc2Cl)cc1. The number of hydrogen-bond acceptors (Lipinski definition) is 4. The van der Waals surface area contributed by atoms with E-state index in [1.54, 1.807) is 7.11 Å². The molecule has 4 nitrogen and oxygen atoms in total. The van der Waals surface area contributed by atoms with Crippen molar-refractivity contribution in [3.05, 3.63) is 64.2 Å². The van der Waals surface area contributed by atoms with Crippen LogP contribution in [0.4, 0.5) is 0 Å². The highest BCUT2D eigenvalue weighted by Gasteiger charge is 2.38. The van der Waals surface area contributed by atoms with Gasteiger partial charge in [-0.25, -0.2) is 0 Å². The number of hydrogen-bond donors (Lipinski definition) is 1. The lowest BCUT2D eigenvalue weighted by atomic mass is 9.94. The van der Waals surface area contributed by atoms with Gasteiger partial charge in [0.2, 0.25) is 0 Å². The molecule has 0 radical (unpaired) electrons. The summed E-state index contributed by atoms with van der Waals surface area (Å²) in [4.78, 5) is 0. The molecule has 6 heteroatoms. The number of benzene rings is 2. The van der Waals surface area contributed by atoms with E-state index in [-0.39, 0.29) is 28.8 Å². The molecule has 1 heterocycles.